The zero-order chi connectivity index (χ0) is 12.4. The van der Waals surface area contributed by atoms with Crippen LogP contribution in [0.2, 0.25) is 0 Å². The lowest BCUT2D eigenvalue weighted by Gasteiger charge is -1.95. The maximum Gasteiger partial charge on any atom is 0.0232 e. The Morgan fingerprint density at radius 1 is 1.00 bits per heavy atom. The van der Waals surface area contributed by atoms with Gasteiger partial charge in [0.25, 0.3) is 0 Å². The van der Waals surface area contributed by atoms with Gasteiger partial charge in [-0.25, -0.2) is 0 Å². The van der Waals surface area contributed by atoms with Gasteiger partial charge in [0.05, 0.1) is 0 Å². The van der Waals surface area contributed by atoms with E-state index in [9.17, 15) is 0 Å². The average Bonchev–Trinajstić information content (AvgIpc) is 2.25. The second-order valence-electron chi connectivity index (χ2n) is 2.07. The Morgan fingerprint density at radius 3 is 1.36 bits per heavy atom. The van der Waals surface area contributed by atoms with Gasteiger partial charge in [-0.05, 0) is 6.92 Å². The van der Waals surface area contributed by atoms with E-state index < -0.39 is 0 Å². The predicted octanol–water partition coefficient (Wildman–Crippen LogP) is 3.76. The molecule has 2 heteroatoms. The molecule has 0 spiro atoms. The van der Waals surface area contributed by atoms with Crippen molar-refractivity contribution in [2.75, 3.05) is 14.1 Å². The summed E-state index contributed by atoms with van der Waals surface area (Å²) in [6.45, 7) is 14.2. The Hall–Kier alpha value is -0.660. The lowest BCUT2D eigenvalue weighted by Crippen LogP contribution is -2.05. The molecule has 0 radical (unpaired) electrons. The Morgan fingerprint density at radius 2 is 1.29 bits per heavy atom. The van der Waals surface area contributed by atoms with Gasteiger partial charge in [0.15, 0.2) is 0 Å². The molecule has 0 bridgehead atoms. The first-order chi connectivity index (χ1) is 6.72. The summed E-state index contributed by atoms with van der Waals surface area (Å²) in [5.41, 5.74) is 1.14. The maximum absolute atomic E-state index is 2.96. The molecule has 0 aromatic carbocycles. The average molecular weight is 204 g/mol. The van der Waals surface area contributed by atoms with Crippen molar-refractivity contribution < 1.29 is 0 Å². The standard InChI is InChI=1S/C5H12N2.C3H8.2C2H6/c1-5(7-3)4-6-2;1-3-2;2*1-2/h4,6-7H,1-3H3;3H2,1-2H3;2*1-2H3/b5-4-;;;. The summed E-state index contributed by atoms with van der Waals surface area (Å²) >= 11 is 0. The van der Waals surface area contributed by atoms with Crippen LogP contribution in [0.15, 0.2) is 11.9 Å². The molecular weight excluding hydrogens is 172 g/mol. The molecule has 90 valence electrons. The Bertz CT molecular complexity index is 78.4. The Balaban J connectivity index is -0.0000000603. The van der Waals surface area contributed by atoms with Crippen molar-refractivity contribution in [3.63, 3.8) is 0 Å². The van der Waals surface area contributed by atoms with Crippen LogP contribution in [0, 0.1) is 0 Å². The molecule has 0 unspecified atom stereocenters. The van der Waals surface area contributed by atoms with Crippen molar-refractivity contribution >= 4 is 0 Å². The van der Waals surface area contributed by atoms with Gasteiger partial charge in [-0.2, -0.15) is 0 Å². The van der Waals surface area contributed by atoms with E-state index in [-0.39, 0.29) is 0 Å². The third-order valence-electron chi connectivity index (χ3n) is 0.755. The van der Waals surface area contributed by atoms with Crippen molar-refractivity contribution in [1.82, 2.24) is 10.6 Å². The van der Waals surface area contributed by atoms with Crippen molar-refractivity contribution in [2.45, 2.75) is 54.9 Å². The third kappa shape index (κ3) is 64.4. The van der Waals surface area contributed by atoms with Crippen molar-refractivity contribution in [3.05, 3.63) is 11.9 Å². The summed E-state index contributed by atoms with van der Waals surface area (Å²) in [4.78, 5) is 0. The second kappa shape index (κ2) is 39.5. The SMILES string of the molecule is CC.CC.CCC.CN/C=C(/C)NC. The molecule has 0 aliphatic rings. The van der Waals surface area contributed by atoms with Gasteiger partial charge in [-0.15, -0.1) is 0 Å². The fraction of sp³-hybridized carbons (Fsp3) is 0.833. The first-order valence-electron chi connectivity index (χ1n) is 5.74. The summed E-state index contributed by atoms with van der Waals surface area (Å²) < 4.78 is 0. The van der Waals surface area contributed by atoms with Crippen LogP contribution < -0.4 is 10.6 Å². The molecule has 0 rings (SSSR count). The van der Waals surface area contributed by atoms with Crippen LogP contribution in [0.3, 0.4) is 0 Å². The van der Waals surface area contributed by atoms with E-state index in [0.717, 1.165) is 5.70 Å². The normalized spacial score (nSPS) is 7.64. The van der Waals surface area contributed by atoms with E-state index in [1.165, 1.54) is 6.42 Å². The highest BCUT2D eigenvalue weighted by atomic mass is 14.9. The third-order valence-corrected chi connectivity index (χ3v) is 0.755. The summed E-state index contributed by atoms with van der Waals surface area (Å²) in [7, 11) is 3.77. The second-order valence-corrected chi connectivity index (χ2v) is 2.07. The van der Waals surface area contributed by atoms with Gasteiger partial charge in [-0.3, -0.25) is 0 Å². The van der Waals surface area contributed by atoms with Crippen LogP contribution in [-0.2, 0) is 0 Å². The van der Waals surface area contributed by atoms with Crippen molar-refractivity contribution in [2.24, 2.45) is 0 Å². The molecular formula is C12H32N2. The molecule has 0 atom stereocenters. The first-order valence-corrected chi connectivity index (χ1v) is 5.74. The molecule has 0 aromatic heterocycles. The molecule has 0 aromatic rings. The molecule has 14 heavy (non-hydrogen) atoms. The number of hydrogen-bond acceptors (Lipinski definition) is 2. The van der Waals surface area contributed by atoms with Crippen LogP contribution >= 0.6 is 0 Å². The fourth-order valence-corrected chi connectivity index (χ4v) is 0.289. The fourth-order valence-electron chi connectivity index (χ4n) is 0.289. The Labute approximate surface area is 92.2 Å². The number of rotatable bonds is 2. The quantitative estimate of drug-likeness (QED) is 0.716. The summed E-state index contributed by atoms with van der Waals surface area (Å²) in [6, 6.07) is 0. The van der Waals surface area contributed by atoms with Gasteiger partial charge in [0.2, 0.25) is 0 Å². The minimum atomic E-state index is 1.14. The largest absolute Gasteiger partial charge is 0.393 e. The minimum Gasteiger partial charge on any atom is -0.393 e. The highest BCUT2D eigenvalue weighted by Crippen LogP contribution is 1.75. The zero-order valence-electron chi connectivity index (χ0n) is 11.8. The van der Waals surface area contributed by atoms with Crippen molar-refractivity contribution in [3.8, 4) is 0 Å². The monoisotopic (exact) mass is 204 g/mol. The maximum atomic E-state index is 2.96. The van der Waals surface area contributed by atoms with Crippen LogP contribution in [0.5, 0.6) is 0 Å². The van der Waals surface area contributed by atoms with Crippen LogP contribution in [0.25, 0.3) is 0 Å². The molecule has 0 fully saturated rings. The van der Waals surface area contributed by atoms with Gasteiger partial charge in [0, 0.05) is 26.0 Å². The molecule has 0 saturated heterocycles. The van der Waals surface area contributed by atoms with E-state index in [0.29, 0.717) is 0 Å². The lowest BCUT2D eigenvalue weighted by atomic mass is 10.5. The highest BCUT2D eigenvalue weighted by Gasteiger charge is 1.73. The topological polar surface area (TPSA) is 24.1 Å². The summed E-state index contributed by atoms with van der Waals surface area (Å²) in [5.74, 6) is 0. The van der Waals surface area contributed by atoms with E-state index in [1.54, 1.807) is 0 Å². The van der Waals surface area contributed by atoms with Crippen LogP contribution in [-0.4, -0.2) is 14.1 Å². The molecule has 0 heterocycles. The van der Waals surface area contributed by atoms with Gasteiger partial charge in [0.1, 0.15) is 0 Å². The smallest absolute Gasteiger partial charge is 0.0232 e. The molecule has 0 aliphatic heterocycles. The number of nitrogens with one attached hydrogen (secondary N) is 2. The molecule has 2 N–H and O–H groups in total. The zero-order valence-corrected chi connectivity index (χ0v) is 11.8. The van der Waals surface area contributed by atoms with Crippen LogP contribution in [0.1, 0.15) is 54.9 Å². The van der Waals surface area contributed by atoms with Crippen molar-refractivity contribution in [1.29, 1.82) is 0 Å². The number of allylic oxidation sites excluding steroid dienone is 1. The predicted molar refractivity (Wildman–Crippen MR) is 70.5 cm³/mol. The molecule has 0 saturated carbocycles. The lowest BCUT2D eigenvalue weighted by molar-refractivity contribution is 0.943. The van der Waals surface area contributed by atoms with E-state index in [2.05, 4.69) is 24.5 Å². The van der Waals surface area contributed by atoms with Gasteiger partial charge in [-0.1, -0.05) is 48.0 Å². The Kier molecular flexibility index (Phi) is 65.7. The highest BCUT2D eigenvalue weighted by molar-refractivity contribution is 4.90. The number of hydrogen-bond donors (Lipinski definition) is 2. The molecule has 2 nitrogen and oxygen atoms in total. The summed E-state index contributed by atoms with van der Waals surface area (Å²) in [6.07, 6.45) is 3.15. The van der Waals surface area contributed by atoms with E-state index in [1.807, 2.05) is 54.9 Å². The van der Waals surface area contributed by atoms with Gasteiger partial charge < -0.3 is 10.6 Å². The van der Waals surface area contributed by atoms with Crippen LogP contribution in [0.4, 0.5) is 0 Å². The van der Waals surface area contributed by atoms with E-state index in [4.69, 9.17) is 0 Å². The molecule has 0 amide bonds. The first kappa shape index (κ1) is 23.3. The van der Waals surface area contributed by atoms with Gasteiger partial charge >= 0.3 is 0 Å². The summed E-state index contributed by atoms with van der Waals surface area (Å²) in [5, 5.41) is 5.86. The minimum absolute atomic E-state index is 1.14. The van der Waals surface area contributed by atoms with E-state index >= 15 is 0 Å². The molecule has 0 aliphatic carbocycles.